The summed E-state index contributed by atoms with van der Waals surface area (Å²) in [5.41, 5.74) is 1.81. The van der Waals surface area contributed by atoms with Crippen molar-refractivity contribution in [1.82, 2.24) is 9.97 Å². The molecule has 2 aromatic rings. The number of anilines is 1. The molecule has 0 aliphatic rings. The van der Waals surface area contributed by atoms with Gasteiger partial charge in [0, 0.05) is 23.8 Å². The highest BCUT2D eigenvalue weighted by molar-refractivity contribution is 6.31. The van der Waals surface area contributed by atoms with Gasteiger partial charge in [0.25, 0.3) is 0 Å². The first kappa shape index (κ1) is 12.6. The van der Waals surface area contributed by atoms with Gasteiger partial charge in [-0.3, -0.25) is 0 Å². The first-order chi connectivity index (χ1) is 8.58. The van der Waals surface area contributed by atoms with E-state index in [4.69, 9.17) is 16.3 Å². The molecule has 0 radical (unpaired) electrons. The van der Waals surface area contributed by atoms with E-state index in [-0.39, 0.29) is 0 Å². The molecule has 1 aromatic carbocycles. The molecule has 5 heteroatoms. The Bertz CT molecular complexity index is 572. The molecule has 1 heterocycles. The second-order valence-electron chi connectivity index (χ2n) is 3.93. The minimum atomic E-state index is 0.508. The summed E-state index contributed by atoms with van der Waals surface area (Å²) in [7, 11) is 1.77. The molecule has 0 saturated heterocycles. The predicted octanol–water partition coefficient (Wildman–Crippen LogP) is 3.58. The Morgan fingerprint density at radius 2 is 1.94 bits per heavy atom. The van der Waals surface area contributed by atoms with E-state index < -0.39 is 0 Å². The first-order valence-corrected chi connectivity index (χ1v) is 5.94. The maximum Gasteiger partial charge on any atom is 0.225 e. The van der Waals surface area contributed by atoms with Crippen molar-refractivity contribution in [3.05, 3.63) is 40.5 Å². The van der Waals surface area contributed by atoms with Crippen molar-refractivity contribution in [3.63, 3.8) is 0 Å². The lowest BCUT2D eigenvalue weighted by molar-refractivity contribution is 0.461. The topological polar surface area (TPSA) is 47.0 Å². The lowest BCUT2D eigenvalue weighted by Gasteiger charge is -2.08. The van der Waals surface area contributed by atoms with Crippen LogP contribution in [0, 0.1) is 13.8 Å². The Morgan fingerprint density at radius 1 is 1.17 bits per heavy atom. The van der Waals surface area contributed by atoms with Gasteiger partial charge in [-0.2, -0.15) is 4.98 Å². The van der Waals surface area contributed by atoms with Gasteiger partial charge in [-0.05, 0) is 37.6 Å². The van der Waals surface area contributed by atoms with Crippen LogP contribution in [-0.4, -0.2) is 17.0 Å². The van der Waals surface area contributed by atoms with E-state index in [9.17, 15) is 0 Å². The third kappa shape index (κ3) is 2.90. The number of aryl methyl sites for hydroxylation is 2. The van der Waals surface area contributed by atoms with Crippen LogP contribution in [0.4, 0.5) is 5.95 Å². The summed E-state index contributed by atoms with van der Waals surface area (Å²) in [5.74, 6) is 1.75. The normalized spacial score (nSPS) is 10.2. The third-order valence-corrected chi connectivity index (χ3v) is 2.83. The molecular formula is C13H14ClN3O. The molecule has 2 rings (SSSR count). The van der Waals surface area contributed by atoms with Gasteiger partial charge in [-0.15, -0.1) is 0 Å². The average Bonchev–Trinajstić information content (AvgIpc) is 2.33. The van der Waals surface area contributed by atoms with Crippen molar-refractivity contribution in [2.75, 3.05) is 12.4 Å². The fourth-order valence-electron chi connectivity index (χ4n) is 1.51. The quantitative estimate of drug-likeness (QED) is 0.919. The van der Waals surface area contributed by atoms with Crippen molar-refractivity contribution in [2.24, 2.45) is 0 Å². The van der Waals surface area contributed by atoms with E-state index in [1.54, 1.807) is 19.2 Å². The fourth-order valence-corrected chi connectivity index (χ4v) is 1.62. The molecule has 1 aromatic heterocycles. The van der Waals surface area contributed by atoms with Crippen molar-refractivity contribution in [1.29, 1.82) is 0 Å². The molecule has 0 aliphatic heterocycles. The largest absolute Gasteiger partial charge is 0.439 e. The van der Waals surface area contributed by atoms with Gasteiger partial charge < -0.3 is 10.1 Å². The second kappa shape index (κ2) is 5.23. The van der Waals surface area contributed by atoms with E-state index in [1.807, 2.05) is 26.0 Å². The zero-order chi connectivity index (χ0) is 13.1. The summed E-state index contributed by atoms with van der Waals surface area (Å²) in [6, 6.07) is 7.27. The molecule has 18 heavy (non-hydrogen) atoms. The lowest BCUT2D eigenvalue weighted by atomic mass is 10.2. The molecule has 0 fully saturated rings. The highest BCUT2D eigenvalue weighted by Gasteiger charge is 2.04. The Kier molecular flexibility index (Phi) is 3.67. The van der Waals surface area contributed by atoms with Gasteiger partial charge in [-0.1, -0.05) is 11.6 Å². The Balaban J connectivity index is 2.27. The highest BCUT2D eigenvalue weighted by Crippen LogP contribution is 2.25. The van der Waals surface area contributed by atoms with Crippen LogP contribution in [0.15, 0.2) is 24.3 Å². The van der Waals surface area contributed by atoms with Crippen LogP contribution >= 0.6 is 11.6 Å². The monoisotopic (exact) mass is 263 g/mol. The summed E-state index contributed by atoms with van der Waals surface area (Å²) < 4.78 is 5.69. The molecule has 0 amide bonds. The first-order valence-electron chi connectivity index (χ1n) is 5.56. The zero-order valence-corrected chi connectivity index (χ0v) is 11.2. The van der Waals surface area contributed by atoms with Crippen molar-refractivity contribution >= 4 is 17.5 Å². The van der Waals surface area contributed by atoms with Crippen LogP contribution in [0.5, 0.6) is 11.6 Å². The summed E-state index contributed by atoms with van der Waals surface area (Å²) >= 11 is 5.97. The number of nitrogens with one attached hydrogen (secondary N) is 1. The number of hydrogen-bond donors (Lipinski definition) is 1. The molecule has 1 N–H and O–H groups in total. The maximum absolute atomic E-state index is 5.97. The highest BCUT2D eigenvalue weighted by atomic mass is 35.5. The lowest BCUT2D eigenvalue weighted by Crippen LogP contribution is -1.99. The van der Waals surface area contributed by atoms with Gasteiger partial charge in [-0.25, -0.2) is 4.98 Å². The van der Waals surface area contributed by atoms with Gasteiger partial charge in [0.1, 0.15) is 5.75 Å². The molecule has 0 aliphatic carbocycles. The van der Waals surface area contributed by atoms with Gasteiger partial charge in [0.2, 0.25) is 11.8 Å². The maximum atomic E-state index is 5.97. The number of aromatic nitrogens is 2. The molecule has 0 bridgehead atoms. The number of ether oxygens (including phenoxy) is 1. The Morgan fingerprint density at radius 3 is 2.61 bits per heavy atom. The number of halogens is 1. The second-order valence-corrected chi connectivity index (χ2v) is 4.34. The Labute approximate surface area is 111 Å². The van der Waals surface area contributed by atoms with Crippen molar-refractivity contribution in [3.8, 4) is 11.6 Å². The van der Waals surface area contributed by atoms with E-state index >= 15 is 0 Å². The van der Waals surface area contributed by atoms with Crippen LogP contribution in [0.1, 0.15) is 11.3 Å². The Hall–Kier alpha value is -1.81. The molecule has 0 atom stereocenters. The number of nitrogens with zero attached hydrogens (tertiary/aromatic N) is 2. The van der Waals surface area contributed by atoms with Gasteiger partial charge >= 0.3 is 0 Å². The molecule has 94 valence electrons. The average molecular weight is 264 g/mol. The number of hydrogen-bond acceptors (Lipinski definition) is 4. The SMILES string of the molecule is CNc1nc(C)cc(Oc2ccc(Cl)c(C)c2)n1. The third-order valence-electron chi connectivity index (χ3n) is 2.41. The molecule has 0 spiro atoms. The molecule has 0 unspecified atom stereocenters. The standard InChI is InChI=1S/C13H14ClN3O/c1-8-6-10(4-5-11(8)14)18-12-7-9(2)16-13(15-3)17-12/h4-7H,1-3H3,(H,15,16,17). The summed E-state index contributed by atoms with van der Waals surface area (Å²) in [4.78, 5) is 8.42. The van der Waals surface area contributed by atoms with E-state index in [0.717, 1.165) is 16.3 Å². The van der Waals surface area contributed by atoms with E-state index in [1.165, 1.54) is 0 Å². The van der Waals surface area contributed by atoms with Crippen molar-refractivity contribution in [2.45, 2.75) is 13.8 Å². The van der Waals surface area contributed by atoms with Gasteiger partial charge in [0.05, 0.1) is 0 Å². The summed E-state index contributed by atoms with van der Waals surface area (Å²) in [5, 5.41) is 3.61. The molecule has 0 saturated carbocycles. The predicted molar refractivity (Wildman–Crippen MR) is 72.6 cm³/mol. The van der Waals surface area contributed by atoms with Crippen LogP contribution in [-0.2, 0) is 0 Å². The minimum absolute atomic E-state index is 0.508. The van der Waals surface area contributed by atoms with Crippen LogP contribution in [0.2, 0.25) is 5.02 Å². The number of benzene rings is 1. The van der Waals surface area contributed by atoms with Crippen molar-refractivity contribution < 1.29 is 4.74 Å². The fraction of sp³-hybridized carbons (Fsp3) is 0.231. The molecule has 4 nitrogen and oxygen atoms in total. The summed E-state index contributed by atoms with van der Waals surface area (Å²) in [6.45, 7) is 3.82. The molecular weight excluding hydrogens is 250 g/mol. The van der Waals surface area contributed by atoms with Gasteiger partial charge in [0.15, 0.2) is 0 Å². The van der Waals surface area contributed by atoms with Crippen LogP contribution < -0.4 is 10.1 Å². The van der Waals surface area contributed by atoms with Crippen LogP contribution in [0.3, 0.4) is 0 Å². The van der Waals surface area contributed by atoms with Crippen LogP contribution in [0.25, 0.3) is 0 Å². The number of rotatable bonds is 3. The summed E-state index contributed by atoms with van der Waals surface area (Å²) in [6.07, 6.45) is 0. The minimum Gasteiger partial charge on any atom is -0.439 e. The van der Waals surface area contributed by atoms with E-state index in [2.05, 4.69) is 15.3 Å². The zero-order valence-electron chi connectivity index (χ0n) is 10.5. The van der Waals surface area contributed by atoms with E-state index in [0.29, 0.717) is 17.6 Å². The smallest absolute Gasteiger partial charge is 0.225 e.